The lowest BCUT2D eigenvalue weighted by molar-refractivity contribution is -0.694. The summed E-state index contributed by atoms with van der Waals surface area (Å²) in [6.07, 6.45) is 5.06. The van der Waals surface area contributed by atoms with Crippen LogP contribution in [0.2, 0.25) is 0 Å². The first-order chi connectivity index (χ1) is 7.36. The van der Waals surface area contributed by atoms with Crippen LogP contribution in [0.4, 0.5) is 0 Å². The van der Waals surface area contributed by atoms with Gasteiger partial charge in [-0.15, -0.1) is 0 Å². The van der Waals surface area contributed by atoms with Crippen molar-refractivity contribution >= 4 is 0 Å². The summed E-state index contributed by atoms with van der Waals surface area (Å²) in [6.45, 7) is 0.800. The molecule has 0 unspecified atom stereocenters. The molecule has 0 aliphatic heterocycles. The maximum Gasteiger partial charge on any atom is 0.128 e. The molecule has 1 aromatic rings. The van der Waals surface area contributed by atoms with Gasteiger partial charge in [-0.1, -0.05) is 30.3 Å². The van der Waals surface area contributed by atoms with Crippen molar-refractivity contribution in [1.29, 1.82) is 0 Å². The minimum Gasteiger partial charge on any atom is -0.382 e. The Morgan fingerprint density at radius 1 is 1.20 bits per heavy atom. The number of aliphatic hydroxyl groups excluding tert-OH is 1. The number of hydrogen-bond donors (Lipinski definition) is 2. The average molecular weight is 206 g/mol. The molecule has 2 rings (SSSR count). The van der Waals surface area contributed by atoms with Gasteiger partial charge >= 0.3 is 0 Å². The summed E-state index contributed by atoms with van der Waals surface area (Å²) < 4.78 is 0. The third-order valence-electron chi connectivity index (χ3n) is 3.28. The standard InChI is InChI=1S/C13H19NO/c15-13(11-6-2-1-3-7-11)10-14-12-8-4-5-9-12/h1-3,6-7,12-15H,4-5,8-10H2/p+1/t13-/m0/s1. The Morgan fingerprint density at radius 3 is 2.53 bits per heavy atom. The number of nitrogens with two attached hydrogens (primary N) is 1. The van der Waals surface area contributed by atoms with Gasteiger partial charge in [0, 0.05) is 0 Å². The molecule has 1 saturated carbocycles. The van der Waals surface area contributed by atoms with Gasteiger partial charge in [-0.2, -0.15) is 0 Å². The Bertz CT molecular complexity index is 280. The smallest absolute Gasteiger partial charge is 0.128 e. The molecular weight excluding hydrogens is 186 g/mol. The first-order valence-electron chi connectivity index (χ1n) is 5.92. The van der Waals surface area contributed by atoms with E-state index in [0.717, 1.165) is 18.2 Å². The minimum atomic E-state index is -0.313. The van der Waals surface area contributed by atoms with Crippen molar-refractivity contribution < 1.29 is 10.4 Å². The van der Waals surface area contributed by atoms with Crippen molar-refractivity contribution in [3.05, 3.63) is 35.9 Å². The zero-order chi connectivity index (χ0) is 10.5. The molecule has 0 heterocycles. The maximum absolute atomic E-state index is 9.95. The summed E-state index contributed by atoms with van der Waals surface area (Å²) >= 11 is 0. The van der Waals surface area contributed by atoms with Gasteiger partial charge in [-0.25, -0.2) is 0 Å². The third-order valence-corrected chi connectivity index (χ3v) is 3.28. The first-order valence-corrected chi connectivity index (χ1v) is 5.92. The molecule has 1 fully saturated rings. The Hall–Kier alpha value is -0.860. The topological polar surface area (TPSA) is 36.8 Å². The number of benzene rings is 1. The fourth-order valence-corrected chi connectivity index (χ4v) is 2.33. The number of hydrogen-bond acceptors (Lipinski definition) is 1. The van der Waals surface area contributed by atoms with E-state index < -0.39 is 0 Å². The molecule has 3 N–H and O–H groups in total. The van der Waals surface area contributed by atoms with E-state index in [1.807, 2.05) is 30.3 Å². The van der Waals surface area contributed by atoms with E-state index in [1.165, 1.54) is 25.7 Å². The maximum atomic E-state index is 9.95. The average Bonchev–Trinajstić information content (AvgIpc) is 2.80. The fraction of sp³-hybridized carbons (Fsp3) is 0.538. The van der Waals surface area contributed by atoms with Gasteiger partial charge in [-0.3, -0.25) is 0 Å². The lowest BCUT2D eigenvalue weighted by Gasteiger charge is -2.13. The van der Waals surface area contributed by atoms with Crippen LogP contribution >= 0.6 is 0 Å². The zero-order valence-electron chi connectivity index (χ0n) is 9.10. The molecule has 2 heteroatoms. The van der Waals surface area contributed by atoms with E-state index in [0.29, 0.717) is 0 Å². The molecule has 0 radical (unpaired) electrons. The molecule has 0 bridgehead atoms. The van der Waals surface area contributed by atoms with Crippen molar-refractivity contribution in [2.45, 2.75) is 37.8 Å². The summed E-state index contributed by atoms with van der Waals surface area (Å²) in [5, 5.41) is 12.3. The van der Waals surface area contributed by atoms with Crippen molar-refractivity contribution in [3.8, 4) is 0 Å². The summed E-state index contributed by atoms with van der Waals surface area (Å²) in [4.78, 5) is 0. The van der Waals surface area contributed by atoms with Crippen LogP contribution in [0.3, 0.4) is 0 Å². The molecule has 1 aromatic carbocycles. The molecule has 1 aliphatic rings. The van der Waals surface area contributed by atoms with Gasteiger partial charge in [0.2, 0.25) is 0 Å². The van der Waals surface area contributed by atoms with E-state index in [4.69, 9.17) is 0 Å². The highest BCUT2D eigenvalue weighted by Gasteiger charge is 2.19. The van der Waals surface area contributed by atoms with Crippen LogP contribution in [-0.4, -0.2) is 17.7 Å². The van der Waals surface area contributed by atoms with Gasteiger partial charge in [0.1, 0.15) is 12.6 Å². The van der Waals surface area contributed by atoms with Crippen LogP contribution < -0.4 is 5.32 Å². The zero-order valence-corrected chi connectivity index (χ0v) is 9.10. The first kappa shape index (κ1) is 10.7. The van der Waals surface area contributed by atoms with Crippen LogP contribution in [-0.2, 0) is 0 Å². The van der Waals surface area contributed by atoms with E-state index in [-0.39, 0.29) is 6.10 Å². The monoisotopic (exact) mass is 206 g/mol. The molecule has 0 aromatic heterocycles. The van der Waals surface area contributed by atoms with E-state index >= 15 is 0 Å². The van der Waals surface area contributed by atoms with Crippen molar-refractivity contribution in [2.24, 2.45) is 0 Å². The summed E-state index contributed by atoms with van der Waals surface area (Å²) in [6, 6.07) is 10.7. The number of rotatable bonds is 4. The second-order valence-electron chi connectivity index (χ2n) is 4.44. The van der Waals surface area contributed by atoms with Crippen LogP contribution in [0, 0.1) is 0 Å². The SMILES string of the molecule is O[C@@H](C[NH2+]C1CCCC1)c1ccccc1. The van der Waals surface area contributed by atoms with Gasteiger partial charge in [0.15, 0.2) is 0 Å². The Morgan fingerprint density at radius 2 is 1.87 bits per heavy atom. The van der Waals surface area contributed by atoms with Crippen molar-refractivity contribution in [2.75, 3.05) is 6.54 Å². The van der Waals surface area contributed by atoms with Crippen molar-refractivity contribution in [3.63, 3.8) is 0 Å². The molecule has 15 heavy (non-hydrogen) atoms. The fourth-order valence-electron chi connectivity index (χ4n) is 2.33. The molecule has 0 saturated heterocycles. The second-order valence-corrected chi connectivity index (χ2v) is 4.44. The van der Waals surface area contributed by atoms with Crippen LogP contribution in [0.15, 0.2) is 30.3 Å². The molecule has 82 valence electrons. The van der Waals surface area contributed by atoms with Crippen LogP contribution in [0.1, 0.15) is 37.4 Å². The summed E-state index contributed by atoms with van der Waals surface area (Å²) in [7, 11) is 0. The van der Waals surface area contributed by atoms with Gasteiger partial charge < -0.3 is 10.4 Å². The largest absolute Gasteiger partial charge is 0.382 e. The predicted molar refractivity (Wildman–Crippen MR) is 60.5 cm³/mol. The van der Waals surface area contributed by atoms with Gasteiger partial charge in [0.25, 0.3) is 0 Å². The van der Waals surface area contributed by atoms with E-state index in [9.17, 15) is 5.11 Å². The minimum absolute atomic E-state index is 0.313. The number of quaternary nitrogens is 1. The molecule has 1 aliphatic carbocycles. The highest BCUT2D eigenvalue weighted by Crippen LogP contribution is 2.15. The molecule has 0 amide bonds. The van der Waals surface area contributed by atoms with Gasteiger partial charge in [-0.05, 0) is 31.2 Å². The van der Waals surface area contributed by atoms with Gasteiger partial charge in [0.05, 0.1) is 6.04 Å². The molecular formula is C13H20NO+. The Balaban J connectivity index is 1.79. The summed E-state index contributed by atoms with van der Waals surface area (Å²) in [5.41, 5.74) is 1.03. The quantitative estimate of drug-likeness (QED) is 0.763. The van der Waals surface area contributed by atoms with E-state index in [2.05, 4.69) is 5.32 Å². The third kappa shape index (κ3) is 3.05. The lowest BCUT2D eigenvalue weighted by atomic mass is 10.1. The van der Waals surface area contributed by atoms with Crippen molar-refractivity contribution in [1.82, 2.24) is 0 Å². The normalized spacial score (nSPS) is 19.3. The summed E-state index contributed by atoms with van der Waals surface area (Å²) in [5.74, 6) is 0. The number of aliphatic hydroxyl groups is 1. The predicted octanol–water partition coefficient (Wildman–Crippen LogP) is 1.23. The Labute approximate surface area is 91.3 Å². The second kappa shape index (κ2) is 5.29. The van der Waals surface area contributed by atoms with Crippen LogP contribution in [0.25, 0.3) is 0 Å². The molecule has 0 spiro atoms. The molecule has 2 nitrogen and oxygen atoms in total. The Kier molecular flexibility index (Phi) is 3.75. The lowest BCUT2D eigenvalue weighted by Crippen LogP contribution is -2.90. The molecule has 1 atom stereocenters. The highest BCUT2D eigenvalue weighted by molar-refractivity contribution is 5.16. The highest BCUT2D eigenvalue weighted by atomic mass is 16.3. The van der Waals surface area contributed by atoms with E-state index in [1.54, 1.807) is 0 Å². The van der Waals surface area contributed by atoms with Crippen LogP contribution in [0.5, 0.6) is 0 Å².